The van der Waals surface area contributed by atoms with Crippen LogP contribution in [0.25, 0.3) is 0 Å². The van der Waals surface area contributed by atoms with E-state index in [0.717, 1.165) is 11.8 Å². The summed E-state index contributed by atoms with van der Waals surface area (Å²) in [6, 6.07) is 0. The van der Waals surface area contributed by atoms with Crippen LogP contribution in [0.2, 0.25) is 0 Å². The lowest BCUT2D eigenvalue weighted by Crippen LogP contribution is -2.51. The maximum absolute atomic E-state index is 12.9. The van der Waals surface area contributed by atoms with Crippen LogP contribution in [0.15, 0.2) is 9.42 Å². The molecular formula is C18H27N3O4S. The average molecular weight is 381 g/mol. The van der Waals surface area contributed by atoms with Crippen molar-refractivity contribution in [2.45, 2.75) is 50.8 Å². The van der Waals surface area contributed by atoms with E-state index in [0.29, 0.717) is 50.0 Å². The van der Waals surface area contributed by atoms with Gasteiger partial charge in [-0.25, -0.2) is 8.42 Å². The van der Waals surface area contributed by atoms with Crippen molar-refractivity contribution < 1.29 is 17.7 Å². The number of hydrogen-bond donors (Lipinski definition) is 0. The number of sulfonamides is 1. The average Bonchev–Trinajstić information content (AvgIpc) is 3.31. The van der Waals surface area contributed by atoms with E-state index >= 15 is 0 Å². The van der Waals surface area contributed by atoms with Crippen molar-refractivity contribution in [2.75, 3.05) is 26.2 Å². The van der Waals surface area contributed by atoms with Gasteiger partial charge in [-0.1, -0.05) is 11.6 Å². The summed E-state index contributed by atoms with van der Waals surface area (Å²) in [5.74, 6) is 2.64. The summed E-state index contributed by atoms with van der Waals surface area (Å²) < 4.78 is 32.2. The molecule has 7 nitrogen and oxygen atoms in total. The maximum atomic E-state index is 12.9. The molecule has 1 aromatic heterocycles. The molecule has 1 saturated heterocycles. The number of carbonyl (C=O) groups is 1. The molecule has 3 aliphatic rings. The Morgan fingerprint density at radius 2 is 1.88 bits per heavy atom. The predicted molar refractivity (Wildman–Crippen MR) is 94.9 cm³/mol. The first-order chi connectivity index (χ1) is 12.4. The fourth-order valence-electron chi connectivity index (χ4n) is 5.13. The van der Waals surface area contributed by atoms with Crippen molar-refractivity contribution in [1.29, 1.82) is 0 Å². The molecular weight excluding hydrogens is 354 g/mol. The summed E-state index contributed by atoms with van der Waals surface area (Å²) in [5.41, 5.74) is 0.386. The number of fused-ring (bicyclic) bond motifs is 2. The molecule has 1 aliphatic heterocycles. The summed E-state index contributed by atoms with van der Waals surface area (Å²) in [6.07, 6.45) is 5.77. The Labute approximate surface area is 154 Å². The molecule has 1 aromatic rings. The maximum Gasteiger partial charge on any atom is 0.248 e. The number of piperazine rings is 1. The highest BCUT2D eigenvalue weighted by Crippen LogP contribution is 2.49. The second kappa shape index (κ2) is 6.64. The van der Waals surface area contributed by atoms with Crippen molar-refractivity contribution in [1.82, 2.24) is 14.4 Å². The molecule has 4 rings (SSSR count). The van der Waals surface area contributed by atoms with Crippen molar-refractivity contribution >= 4 is 15.9 Å². The van der Waals surface area contributed by atoms with Crippen LogP contribution in [0.4, 0.5) is 0 Å². The van der Waals surface area contributed by atoms with Crippen LogP contribution in [0.1, 0.15) is 43.6 Å². The first-order valence-electron chi connectivity index (χ1n) is 9.57. The van der Waals surface area contributed by atoms with Gasteiger partial charge in [0.2, 0.25) is 15.9 Å². The first-order valence-corrected chi connectivity index (χ1v) is 11.0. The van der Waals surface area contributed by atoms with E-state index in [1.807, 2.05) is 4.90 Å². The summed E-state index contributed by atoms with van der Waals surface area (Å²) >= 11 is 0. The molecule has 2 aliphatic carbocycles. The number of hydrogen-bond acceptors (Lipinski definition) is 5. The fraction of sp³-hybridized carbons (Fsp3) is 0.778. The number of nitrogens with zero attached hydrogens (tertiary/aromatic N) is 3. The monoisotopic (exact) mass is 381 g/mol. The van der Waals surface area contributed by atoms with Crippen molar-refractivity contribution in [3.05, 3.63) is 11.5 Å². The minimum Gasteiger partial charge on any atom is -0.360 e. The SMILES string of the molecule is Cc1noc(C)c1S(=O)(=O)N1CCN(C(=O)C[C@H]2C[C@@H]3CC[C@@H]2C3)CC1. The molecule has 0 radical (unpaired) electrons. The standard InChI is InChI=1S/C18H27N3O4S/c1-12-18(13(2)25-19-12)26(23,24)21-7-5-20(6-8-21)17(22)11-16-10-14-3-4-15(16)9-14/h14-16H,3-11H2,1-2H3/t14-,15-,16-/m1/s1. The van der Waals surface area contributed by atoms with Gasteiger partial charge in [0.25, 0.3) is 0 Å². The lowest BCUT2D eigenvalue weighted by molar-refractivity contribution is -0.133. The summed E-state index contributed by atoms with van der Waals surface area (Å²) in [7, 11) is -3.62. The molecule has 2 bridgehead atoms. The third-order valence-corrected chi connectivity index (χ3v) is 8.62. The highest BCUT2D eigenvalue weighted by Gasteiger charge is 2.41. The minimum absolute atomic E-state index is 0.166. The Kier molecular flexibility index (Phi) is 4.59. The van der Waals surface area contributed by atoms with Crippen LogP contribution in [-0.4, -0.2) is 54.9 Å². The van der Waals surface area contributed by atoms with E-state index < -0.39 is 10.0 Å². The largest absolute Gasteiger partial charge is 0.360 e. The number of aryl methyl sites for hydroxylation is 2. The van der Waals surface area contributed by atoms with Gasteiger partial charge >= 0.3 is 0 Å². The van der Waals surface area contributed by atoms with E-state index in [1.165, 1.54) is 30.0 Å². The van der Waals surface area contributed by atoms with Gasteiger partial charge < -0.3 is 9.42 Å². The van der Waals surface area contributed by atoms with E-state index in [-0.39, 0.29) is 10.8 Å². The fourth-order valence-corrected chi connectivity index (χ4v) is 6.84. The van der Waals surface area contributed by atoms with Gasteiger partial charge in [-0.3, -0.25) is 4.79 Å². The Morgan fingerprint density at radius 1 is 1.15 bits per heavy atom. The number of carbonyl (C=O) groups excluding carboxylic acids is 1. The topological polar surface area (TPSA) is 83.7 Å². The predicted octanol–water partition coefficient (Wildman–Crippen LogP) is 1.95. The van der Waals surface area contributed by atoms with Gasteiger partial charge in [-0.2, -0.15) is 4.31 Å². The zero-order chi connectivity index (χ0) is 18.5. The normalized spacial score (nSPS) is 29.5. The third-order valence-electron chi connectivity index (χ3n) is 6.48. The van der Waals surface area contributed by atoms with E-state index in [9.17, 15) is 13.2 Å². The van der Waals surface area contributed by atoms with Crippen LogP contribution >= 0.6 is 0 Å². The molecule has 8 heteroatoms. The second-order valence-electron chi connectivity index (χ2n) is 8.08. The number of rotatable bonds is 4. The Morgan fingerprint density at radius 3 is 2.42 bits per heavy atom. The Balaban J connectivity index is 1.36. The van der Waals surface area contributed by atoms with Gasteiger partial charge in [-0.05, 0) is 50.9 Å². The molecule has 26 heavy (non-hydrogen) atoms. The first kappa shape index (κ1) is 18.0. The highest BCUT2D eigenvalue weighted by molar-refractivity contribution is 7.89. The number of aromatic nitrogens is 1. The van der Waals surface area contributed by atoms with Gasteiger partial charge in [0.1, 0.15) is 10.6 Å². The van der Waals surface area contributed by atoms with E-state index in [1.54, 1.807) is 13.8 Å². The molecule has 2 heterocycles. The molecule has 3 atom stereocenters. The molecule has 144 valence electrons. The molecule has 0 aromatic carbocycles. The quantitative estimate of drug-likeness (QED) is 0.796. The lowest BCUT2D eigenvalue weighted by Gasteiger charge is -2.35. The number of amides is 1. The minimum atomic E-state index is -3.62. The van der Waals surface area contributed by atoms with Gasteiger partial charge in [0.15, 0.2) is 5.76 Å². The smallest absolute Gasteiger partial charge is 0.248 e. The molecule has 0 N–H and O–H groups in total. The van der Waals surface area contributed by atoms with Crippen molar-refractivity contribution in [3.63, 3.8) is 0 Å². The van der Waals surface area contributed by atoms with Crippen LogP contribution < -0.4 is 0 Å². The molecule has 1 amide bonds. The van der Waals surface area contributed by atoms with E-state index in [4.69, 9.17) is 4.52 Å². The van der Waals surface area contributed by atoms with Crippen molar-refractivity contribution in [2.24, 2.45) is 17.8 Å². The molecule has 0 spiro atoms. The molecule has 3 fully saturated rings. The summed E-state index contributed by atoms with van der Waals surface area (Å²) in [6.45, 7) is 4.83. The lowest BCUT2D eigenvalue weighted by atomic mass is 9.86. The van der Waals surface area contributed by atoms with E-state index in [2.05, 4.69) is 5.16 Å². The van der Waals surface area contributed by atoms with Crippen LogP contribution in [0.3, 0.4) is 0 Å². The van der Waals surface area contributed by atoms with Crippen LogP contribution in [-0.2, 0) is 14.8 Å². The zero-order valence-corrected chi connectivity index (χ0v) is 16.3. The third kappa shape index (κ3) is 3.07. The van der Waals surface area contributed by atoms with Crippen LogP contribution in [0, 0.1) is 31.6 Å². The van der Waals surface area contributed by atoms with Gasteiger partial charge in [0.05, 0.1) is 0 Å². The van der Waals surface area contributed by atoms with Gasteiger partial charge in [0, 0.05) is 32.6 Å². The van der Waals surface area contributed by atoms with Crippen LogP contribution in [0.5, 0.6) is 0 Å². The molecule has 2 saturated carbocycles. The second-order valence-corrected chi connectivity index (χ2v) is 9.95. The Hall–Kier alpha value is -1.41. The van der Waals surface area contributed by atoms with Crippen molar-refractivity contribution in [3.8, 4) is 0 Å². The highest BCUT2D eigenvalue weighted by atomic mass is 32.2. The summed E-state index contributed by atoms with van der Waals surface area (Å²) in [5, 5.41) is 3.75. The van der Waals surface area contributed by atoms with Gasteiger partial charge in [-0.15, -0.1) is 0 Å². The molecule has 0 unspecified atom stereocenters. The Bertz CT molecular complexity index is 776. The zero-order valence-electron chi connectivity index (χ0n) is 15.5. The summed E-state index contributed by atoms with van der Waals surface area (Å²) in [4.78, 5) is 14.7.